The quantitative estimate of drug-likeness (QED) is 0.634. The number of nitrogens with zero attached hydrogens (tertiary/aromatic N) is 1. The van der Waals surface area contributed by atoms with Crippen LogP contribution in [0.1, 0.15) is 52.4 Å². The van der Waals surface area contributed by atoms with Gasteiger partial charge < -0.3 is 20.6 Å². The van der Waals surface area contributed by atoms with Gasteiger partial charge in [-0.2, -0.15) is 0 Å². The second-order valence-corrected chi connectivity index (χ2v) is 7.50. The molecule has 1 aliphatic rings. The first-order chi connectivity index (χ1) is 13.4. The lowest BCUT2D eigenvalue weighted by molar-refractivity contribution is -0.142. The monoisotopic (exact) mass is 389 g/mol. The molecule has 1 unspecified atom stereocenters. The number of hydrogen-bond donors (Lipinski definition) is 3. The van der Waals surface area contributed by atoms with E-state index >= 15 is 0 Å². The largest absolute Gasteiger partial charge is 0.481 e. The Morgan fingerprint density at radius 3 is 2.36 bits per heavy atom. The molecular formula is C21H31N3O4. The molecular weight excluding hydrogens is 358 g/mol. The van der Waals surface area contributed by atoms with Gasteiger partial charge in [-0.25, -0.2) is 4.79 Å². The highest BCUT2D eigenvalue weighted by atomic mass is 16.4. The van der Waals surface area contributed by atoms with Crippen LogP contribution in [0.4, 0.5) is 10.5 Å². The number of amides is 3. The fourth-order valence-corrected chi connectivity index (χ4v) is 3.62. The SMILES string of the molecule is CCCN(C(=O)NC1CCC(C(=O)O)CC1)C(C)CC(=O)Nc1ccccc1. The molecule has 3 amide bonds. The third-order valence-electron chi connectivity index (χ3n) is 5.20. The van der Waals surface area contributed by atoms with E-state index in [0.717, 1.165) is 12.1 Å². The molecule has 0 spiro atoms. The lowest BCUT2D eigenvalue weighted by Gasteiger charge is -2.33. The molecule has 1 aromatic carbocycles. The maximum absolute atomic E-state index is 12.8. The maximum atomic E-state index is 12.8. The molecule has 0 radical (unpaired) electrons. The highest BCUT2D eigenvalue weighted by Gasteiger charge is 2.29. The summed E-state index contributed by atoms with van der Waals surface area (Å²) in [5.41, 5.74) is 0.737. The molecule has 2 rings (SSSR count). The molecule has 0 heterocycles. The van der Waals surface area contributed by atoms with Crippen molar-refractivity contribution >= 4 is 23.6 Å². The number of para-hydroxylation sites is 1. The van der Waals surface area contributed by atoms with Crippen molar-refractivity contribution < 1.29 is 19.5 Å². The Bertz CT molecular complexity index is 657. The van der Waals surface area contributed by atoms with E-state index in [1.54, 1.807) is 4.90 Å². The molecule has 1 fully saturated rings. The summed E-state index contributed by atoms with van der Waals surface area (Å²) >= 11 is 0. The van der Waals surface area contributed by atoms with Gasteiger partial charge in [-0.1, -0.05) is 25.1 Å². The minimum absolute atomic E-state index is 0.00667. The highest BCUT2D eigenvalue weighted by Crippen LogP contribution is 2.24. The number of carboxylic acids is 1. The third kappa shape index (κ3) is 6.55. The summed E-state index contributed by atoms with van der Waals surface area (Å²) in [5, 5.41) is 15.0. The van der Waals surface area contributed by atoms with Crippen LogP contribution in [0, 0.1) is 5.92 Å². The molecule has 0 bridgehead atoms. The summed E-state index contributed by atoms with van der Waals surface area (Å²) in [7, 11) is 0. The summed E-state index contributed by atoms with van der Waals surface area (Å²) in [5.74, 6) is -1.19. The molecule has 1 atom stereocenters. The zero-order valence-corrected chi connectivity index (χ0v) is 16.7. The lowest BCUT2D eigenvalue weighted by atomic mass is 9.86. The first-order valence-corrected chi connectivity index (χ1v) is 10.1. The molecule has 1 saturated carbocycles. The summed E-state index contributed by atoms with van der Waals surface area (Å²) < 4.78 is 0. The number of benzene rings is 1. The first kappa shape index (κ1) is 21.7. The predicted octanol–water partition coefficient (Wildman–Crippen LogP) is 3.47. The van der Waals surface area contributed by atoms with Crippen LogP contribution >= 0.6 is 0 Å². The summed E-state index contributed by atoms with van der Waals surface area (Å²) in [6.45, 7) is 4.44. The fraction of sp³-hybridized carbons (Fsp3) is 0.571. The molecule has 7 nitrogen and oxygen atoms in total. The van der Waals surface area contributed by atoms with Gasteiger partial charge in [0.15, 0.2) is 0 Å². The van der Waals surface area contributed by atoms with Gasteiger partial charge in [-0.05, 0) is 51.2 Å². The van der Waals surface area contributed by atoms with E-state index < -0.39 is 5.97 Å². The minimum atomic E-state index is -0.754. The van der Waals surface area contributed by atoms with Crippen LogP contribution in [0.2, 0.25) is 0 Å². The van der Waals surface area contributed by atoms with Crippen molar-refractivity contribution in [1.29, 1.82) is 0 Å². The second-order valence-electron chi connectivity index (χ2n) is 7.50. The molecule has 28 heavy (non-hydrogen) atoms. The van der Waals surface area contributed by atoms with Crippen molar-refractivity contribution in [2.45, 2.75) is 64.5 Å². The predicted molar refractivity (Wildman–Crippen MR) is 108 cm³/mol. The first-order valence-electron chi connectivity index (χ1n) is 10.1. The molecule has 1 aliphatic carbocycles. The Labute approximate surface area is 166 Å². The number of carbonyl (C=O) groups excluding carboxylic acids is 2. The van der Waals surface area contributed by atoms with Gasteiger partial charge in [-0.15, -0.1) is 0 Å². The smallest absolute Gasteiger partial charge is 0.317 e. The number of anilines is 1. The van der Waals surface area contributed by atoms with Crippen LogP contribution in [0.5, 0.6) is 0 Å². The van der Waals surface area contributed by atoms with Gasteiger partial charge in [0.1, 0.15) is 0 Å². The van der Waals surface area contributed by atoms with Gasteiger partial charge in [0, 0.05) is 30.7 Å². The number of urea groups is 1. The number of nitrogens with one attached hydrogen (secondary N) is 2. The Morgan fingerprint density at radius 1 is 1.14 bits per heavy atom. The van der Waals surface area contributed by atoms with E-state index in [2.05, 4.69) is 10.6 Å². The Hall–Kier alpha value is -2.57. The standard InChI is InChI=1S/C21H31N3O4/c1-3-13-24(15(2)14-19(25)22-17-7-5-4-6-8-17)21(28)23-18-11-9-16(10-12-18)20(26)27/h4-8,15-16,18H,3,9-14H2,1-2H3,(H,22,25)(H,23,28)(H,26,27). The number of rotatable bonds is 8. The Kier molecular flexibility index (Phi) is 8.29. The molecule has 154 valence electrons. The minimum Gasteiger partial charge on any atom is -0.481 e. The van der Waals surface area contributed by atoms with Gasteiger partial charge in [0.2, 0.25) is 5.91 Å². The Balaban J connectivity index is 1.87. The van der Waals surface area contributed by atoms with Crippen LogP contribution in [0.25, 0.3) is 0 Å². The number of hydrogen-bond acceptors (Lipinski definition) is 3. The summed E-state index contributed by atoms with van der Waals surface area (Å²) in [4.78, 5) is 37.9. The summed E-state index contributed by atoms with van der Waals surface area (Å²) in [6, 6.07) is 8.82. The van der Waals surface area contributed by atoms with Gasteiger partial charge in [0.25, 0.3) is 0 Å². The Morgan fingerprint density at radius 2 is 1.79 bits per heavy atom. The van der Waals surface area contributed by atoms with Crippen LogP contribution in [0.3, 0.4) is 0 Å². The van der Waals surface area contributed by atoms with E-state index in [-0.39, 0.29) is 36.4 Å². The number of carbonyl (C=O) groups is 3. The normalized spacial score (nSPS) is 20.1. The zero-order chi connectivity index (χ0) is 20.5. The van der Waals surface area contributed by atoms with Crippen molar-refractivity contribution in [3.8, 4) is 0 Å². The van der Waals surface area contributed by atoms with E-state index in [0.29, 0.717) is 32.2 Å². The van der Waals surface area contributed by atoms with Gasteiger partial charge in [0.05, 0.1) is 5.92 Å². The number of carboxylic acid groups (broad SMARTS) is 1. The second kappa shape index (κ2) is 10.7. The lowest BCUT2D eigenvalue weighted by Crippen LogP contribution is -2.50. The fourth-order valence-electron chi connectivity index (χ4n) is 3.62. The molecule has 7 heteroatoms. The highest BCUT2D eigenvalue weighted by molar-refractivity contribution is 5.91. The van der Waals surface area contributed by atoms with Crippen molar-refractivity contribution in [2.75, 3.05) is 11.9 Å². The topological polar surface area (TPSA) is 98.7 Å². The average molecular weight is 389 g/mol. The number of aliphatic carboxylic acids is 1. The van der Waals surface area contributed by atoms with E-state index in [1.807, 2.05) is 44.2 Å². The van der Waals surface area contributed by atoms with Crippen LogP contribution < -0.4 is 10.6 Å². The molecule has 0 aromatic heterocycles. The van der Waals surface area contributed by atoms with E-state index in [1.165, 1.54) is 0 Å². The van der Waals surface area contributed by atoms with Crippen molar-refractivity contribution in [2.24, 2.45) is 5.92 Å². The van der Waals surface area contributed by atoms with Crippen LogP contribution in [0.15, 0.2) is 30.3 Å². The van der Waals surface area contributed by atoms with Crippen molar-refractivity contribution in [3.63, 3.8) is 0 Å². The van der Waals surface area contributed by atoms with Crippen LogP contribution in [-0.2, 0) is 9.59 Å². The van der Waals surface area contributed by atoms with Crippen molar-refractivity contribution in [3.05, 3.63) is 30.3 Å². The molecule has 3 N–H and O–H groups in total. The van der Waals surface area contributed by atoms with E-state index in [4.69, 9.17) is 5.11 Å². The van der Waals surface area contributed by atoms with Gasteiger partial charge in [-0.3, -0.25) is 9.59 Å². The summed E-state index contributed by atoms with van der Waals surface area (Å²) in [6.07, 6.45) is 3.53. The van der Waals surface area contributed by atoms with Crippen molar-refractivity contribution in [1.82, 2.24) is 10.2 Å². The van der Waals surface area contributed by atoms with E-state index in [9.17, 15) is 14.4 Å². The van der Waals surface area contributed by atoms with Gasteiger partial charge >= 0.3 is 12.0 Å². The van der Waals surface area contributed by atoms with Crippen LogP contribution in [-0.4, -0.2) is 46.5 Å². The molecule has 0 aliphatic heterocycles. The third-order valence-corrected chi connectivity index (χ3v) is 5.20. The maximum Gasteiger partial charge on any atom is 0.317 e. The average Bonchev–Trinajstić information content (AvgIpc) is 2.67. The molecule has 1 aromatic rings. The zero-order valence-electron chi connectivity index (χ0n) is 16.7. The molecule has 0 saturated heterocycles.